The summed E-state index contributed by atoms with van der Waals surface area (Å²) in [5, 5.41) is 11.4. The molecule has 2 aromatic rings. The van der Waals surface area contributed by atoms with E-state index in [1.165, 1.54) is 0 Å². The van der Waals surface area contributed by atoms with Gasteiger partial charge in [-0.2, -0.15) is 0 Å². The van der Waals surface area contributed by atoms with Crippen molar-refractivity contribution in [1.82, 2.24) is 15.5 Å². The number of nitrogens with zero attached hydrogens (tertiary/aromatic N) is 3. The molecule has 1 aromatic carbocycles. The number of carbonyl (C=O) groups is 1. The van der Waals surface area contributed by atoms with Gasteiger partial charge in [-0.05, 0) is 42.7 Å². The maximum absolute atomic E-state index is 12.6. The van der Waals surface area contributed by atoms with Gasteiger partial charge in [0.1, 0.15) is 0 Å². The summed E-state index contributed by atoms with van der Waals surface area (Å²) in [5.74, 6) is 2.20. The number of anilines is 1. The van der Waals surface area contributed by atoms with Crippen LogP contribution in [-0.4, -0.2) is 36.0 Å². The first-order valence-electron chi connectivity index (χ1n) is 8.59. The van der Waals surface area contributed by atoms with Crippen molar-refractivity contribution in [2.75, 3.05) is 24.8 Å². The van der Waals surface area contributed by atoms with Crippen molar-refractivity contribution in [2.24, 2.45) is 5.92 Å². The fourth-order valence-electron chi connectivity index (χ4n) is 3.26. The fraction of sp³-hybridized carbons (Fsp3) is 0.389. The fourth-order valence-corrected chi connectivity index (χ4v) is 3.36. The van der Waals surface area contributed by atoms with E-state index < -0.39 is 0 Å². The molecule has 7 nitrogen and oxygen atoms in total. The maximum atomic E-state index is 12.6. The van der Waals surface area contributed by atoms with Gasteiger partial charge in [0.15, 0.2) is 22.5 Å². The Morgan fingerprint density at radius 2 is 2.12 bits per heavy atom. The Morgan fingerprint density at radius 1 is 1.23 bits per heavy atom. The molecule has 8 heteroatoms. The van der Waals surface area contributed by atoms with Crippen molar-refractivity contribution >= 4 is 23.3 Å². The van der Waals surface area contributed by atoms with Crippen molar-refractivity contribution < 1.29 is 14.3 Å². The lowest BCUT2D eigenvalue weighted by Crippen LogP contribution is -2.43. The Bertz CT molecular complexity index is 800. The van der Waals surface area contributed by atoms with E-state index in [0.717, 1.165) is 42.3 Å². The van der Waals surface area contributed by atoms with Crippen molar-refractivity contribution in [3.63, 3.8) is 0 Å². The molecule has 26 heavy (non-hydrogen) atoms. The van der Waals surface area contributed by atoms with E-state index in [1.54, 1.807) is 6.07 Å². The summed E-state index contributed by atoms with van der Waals surface area (Å²) in [6.07, 6.45) is 1.80. The summed E-state index contributed by atoms with van der Waals surface area (Å²) < 4.78 is 10.7. The molecule has 0 bridgehead atoms. The maximum Gasteiger partial charge on any atom is 0.231 e. The summed E-state index contributed by atoms with van der Waals surface area (Å²) in [4.78, 5) is 14.7. The van der Waals surface area contributed by atoms with Gasteiger partial charge in [0.05, 0.1) is 5.92 Å². The van der Waals surface area contributed by atoms with E-state index in [4.69, 9.17) is 21.1 Å². The zero-order valence-electron chi connectivity index (χ0n) is 14.2. The molecule has 1 amide bonds. The average Bonchev–Trinajstić information content (AvgIpc) is 3.14. The molecule has 1 N–H and O–H groups in total. The Kier molecular flexibility index (Phi) is 4.79. The van der Waals surface area contributed by atoms with Crippen molar-refractivity contribution in [3.05, 3.63) is 41.0 Å². The van der Waals surface area contributed by atoms with Crippen molar-refractivity contribution in [3.8, 4) is 11.5 Å². The molecule has 1 saturated heterocycles. The summed E-state index contributed by atoms with van der Waals surface area (Å²) >= 11 is 5.79. The van der Waals surface area contributed by atoms with Gasteiger partial charge < -0.3 is 19.7 Å². The number of hydrogen-bond donors (Lipinski definition) is 1. The molecular formula is C18H19ClN4O3. The van der Waals surface area contributed by atoms with Crippen LogP contribution in [0, 0.1) is 5.92 Å². The second kappa shape index (κ2) is 7.37. The topological polar surface area (TPSA) is 76.6 Å². The number of amides is 1. The van der Waals surface area contributed by atoms with Gasteiger partial charge in [0.2, 0.25) is 12.7 Å². The smallest absolute Gasteiger partial charge is 0.231 e. The van der Waals surface area contributed by atoms with Crippen LogP contribution in [0.15, 0.2) is 30.3 Å². The molecule has 0 saturated carbocycles. The lowest BCUT2D eigenvalue weighted by Gasteiger charge is -2.32. The van der Waals surface area contributed by atoms with E-state index in [2.05, 4.69) is 20.4 Å². The molecule has 3 heterocycles. The molecule has 0 unspecified atom stereocenters. The lowest BCUT2D eigenvalue weighted by atomic mass is 9.97. The van der Waals surface area contributed by atoms with Crippen LogP contribution in [-0.2, 0) is 11.3 Å². The SMILES string of the molecule is O=C(NCc1ccc2c(c1)OCO2)[C@H]1CCCN(c2ccc(Cl)nn2)C1. The van der Waals surface area contributed by atoms with Gasteiger partial charge in [-0.3, -0.25) is 4.79 Å². The minimum absolute atomic E-state index is 0.0503. The van der Waals surface area contributed by atoms with Crippen molar-refractivity contribution in [1.29, 1.82) is 0 Å². The highest BCUT2D eigenvalue weighted by Crippen LogP contribution is 2.32. The number of ether oxygens (including phenoxy) is 2. The molecule has 1 fully saturated rings. The van der Waals surface area contributed by atoms with Crippen molar-refractivity contribution in [2.45, 2.75) is 19.4 Å². The highest BCUT2D eigenvalue weighted by Gasteiger charge is 2.26. The van der Waals surface area contributed by atoms with Crippen LogP contribution in [0.1, 0.15) is 18.4 Å². The molecule has 4 rings (SSSR count). The largest absolute Gasteiger partial charge is 0.454 e. The standard InChI is InChI=1S/C18H19ClN4O3/c19-16-5-6-17(22-21-16)23-7-1-2-13(10-23)18(24)20-9-12-3-4-14-15(8-12)26-11-25-14/h3-6,8,13H,1-2,7,9-11H2,(H,20,24)/t13-/m0/s1. The van der Waals surface area contributed by atoms with Crippen LogP contribution in [0.3, 0.4) is 0 Å². The van der Waals surface area contributed by atoms with Gasteiger partial charge in [-0.15, -0.1) is 10.2 Å². The molecule has 1 atom stereocenters. The summed E-state index contributed by atoms with van der Waals surface area (Å²) in [7, 11) is 0. The van der Waals surface area contributed by atoms with E-state index in [0.29, 0.717) is 18.2 Å². The van der Waals surface area contributed by atoms with Crippen LogP contribution in [0.2, 0.25) is 5.15 Å². The quantitative estimate of drug-likeness (QED) is 0.885. The monoisotopic (exact) mass is 374 g/mol. The van der Waals surface area contributed by atoms with E-state index in [9.17, 15) is 4.79 Å². The molecule has 0 spiro atoms. The second-order valence-corrected chi connectivity index (χ2v) is 6.79. The Morgan fingerprint density at radius 3 is 2.96 bits per heavy atom. The average molecular weight is 375 g/mol. The molecule has 0 radical (unpaired) electrons. The van der Waals surface area contributed by atoms with E-state index in [-0.39, 0.29) is 18.6 Å². The Hall–Kier alpha value is -2.54. The van der Waals surface area contributed by atoms with Crippen LogP contribution < -0.4 is 19.7 Å². The Labute approximate surface area is 156 Å². The van der Waals surface area contributed by atoms with E-state index in [1.807, 2.05) is 24.3 Å². The minimum Gasteiger partial charge on any atom is -0.454 e. The number of hydrogen-bond acceptors (Lipinski definition) is 6. The highest BCUT2D eigenvalue weighted by atomic mass is 35.5. The third-order valence-electron chi connectivity index (χ3n) is 4.64. The van der Waals surface area contributed by atoms with Gasteiger partial charge in [-0.1, -0.05) is 17.7 Å². The summed E-state index contributed by atoms with van der Waals surface area (Å²) in [5.41, 5.74) is 0.985. The van der Waals surface area contributed by atoms with Crippen LogP contribution in [0.4, 0.5) is 5.82 Å². The van der Waals surface area contributed by atoms with Crippen LogP contribution in [0.25, 0.3) is 0 Å². The minimum atomic E-state index is -0.0739. The number of halogens is 1. The molecular weight excluding hydrogens is 356 g/mol. The predicted octanol–water partition coefficient (Wildman–Crippen LogP) is 2.39. The van der Waals surface area contributed by atoms with Crippen LogP contribution >= 0.6 is 11.6 Å². The predicted molar refractivity (Wildman–Crippen MR) is 96.4 cm³/mol. The number of benzene rings is 1. The first-order chi connectivity index (χ1) is 12.7. The van der Waals surface area contributed by atoms with Gasteiger partial charge >= 0.3 is 0 Å². The number of nitrogens with one attached hydrogen (secondary N) is 1. The zero-order valence-corrected chi connectivity index (χ0v) is 14.9. The molecule has 1 aromatic heterocycles. The third kappa shape index (κ3) is 3.67. The number of aromatic nitrogens is 2. The lowest BCUT2D eigenvalue weighted by molar-refractivity contribution is -0.125. The highest BCUT2D eigenvalue weighted by molar-refractivity contribution is 6.29. The molecule has 0 aliphatic carbocycles. The van der Waals surface area contributed by atoms with Crippen LogP contribution in [0.5, 0.6) is 11.5 Å². The first kappa shape index (κ1) is 16.9. The first-order valence-corrected chi connectivity index (χ1v) is 8.97. The van der Waals surface area contributed by atoms with Gasteiger partial charge in [0, 0.05) is 19.6 Å². The van der Waals surface area contributed by atoms with E-state index >= 15 is 0 Å². The summed E-state index contributed by atoms with van der Waals surface area (Å²) in [6.45, 7) is 2.20. The second-order valence-electron chi connectivity index (χ2n) is 6.40. The summed E-state index contributed by atoms with van der Waals surface area (Å²) in [6, 6.07) is 9.25. The molecule has 2 aliphatic heterocycles. The van der Waals surface area contributed by atoms with Gasteiger partial charge in [-0.25, -0.2) is 0 Å². The number of rotatable bonds is 4. The Balaban J connectivity index is 1.34. The van der Waals surface area contributed by atoms with Gasteiger partial charge in [0.25, 0.3) is 0 Å². The number of piperidine rings is 1. The number of fused-ring (bicyclic) bond motifs is 1. The molecule has 2 aliphatic rings. The molecule has 136 valence electrons. The zero-order chi connectivity index (χ0) is 17.9. The normalized spacial score (nSPS) is 18.7. The third-order valence-corrected chi connectivity index (χ3v) is 4.84. The number of carbonyl (C=O) groups excluding carboxylic acids is 1.